The van der Waals surface area contributed by atoms with E-state index >= 15 is 0 Å². The van der Waals surface area contributed by atoms with Crippen LogP contribution in [0.15, 0.2) is 36.9 Å². The summed E-state index contributed by atoms with van der Waals surface area (Å²) in [6.45, 7) is 0.178. The SMILES string of the molecule is CN(CC(=O)NC1CC1c1ccc(F)cc1)c1ncnc2nc[nH]c12. The predicted octanol–water partition coefficient (Wildman–Crippen LogP) is 1.60. The summed E-state index contributed by atoms with van der Waals surface area (Å²) in [6, 6.07) is 6.54. The molecule has 128 valence electrons. The lowest BCUT2D eigenvalue weighted by Gasteiger charge is -2.17. The van der Waals surface area contributed by atoms with Crippen LogP contribution in [-0.2, 0) is 4.79 Å². The van der Waals surface area contributed by atoms with Crippen LogP contribution in [-0.4, -0.2) is 45.5 Å². The Morgan fingerprint density at radius 3 is 2.92 bits per heavy atom. The smallest absolute Gasteiger partial charge is 0.239 e. The van der Waals surface area contributed by atoms with Crippen molar-refractivity contribution in [2.75, 3.05) is 18.5 Å². The molecule has 0 bridgehead atoms. The molecular weight excluding hydrogens is 323 g/mol. The van der Waals surface area contributed by atoms with Gasteiger partial charge in [-0.05, 0) is 24.1 Å². The van der Waals surface area contributed by atoms with Crippen molar-refractivity contribution in [3.63, 3.8) is 0 Å². The standard InChI is InChI=1S/C17H17FN6O/c1-24(17-15-16(20-8-19-15)21-9-22-17)7-14(25)23-13-6-12(13)10-2-4-11(18)5-3-10/h2-5,8-9,12-13H,6-7H2,1H3,(H,23,25)(H,19,20,21,22). The third kappa shape index (κ3) is 3.15. The molecule has 2 unspecified atom stereocenters. The number of hydrogen-bond donors (Lipinski definition) is 2. The van der Waals surface area contributed by atoms with E-state index < -0.39 is 0 Å². The zero-order chi connectivity index (χ0) is 17.4. The summed E-state index contributed by atoms with van der Waals surface area (Å²) in [5.74, 6) is 0.557. The summed E-state index contributed by atoms with van der Waals surface area (Å²) in [5.41, 5.74) is 2.32. The predicted molar refractivity (Wildman–Crippen MR) is 90.6 cm³/mol. The Morgan fingerprint density at radius 2 is 2.12 bits per heavy atom. The van der Waals surface area contributed by atoms with Crippen LogP contribution in [0.1, 0.15) is 17.9 Å². The normalized spacial score (nSPS) is 19.0. The molecule has 1 amide bonds. The van der Waals surface area contributed by atoms with Gasteiger partial charge in [-0.15, -0.1) is 0 Å². The lowest BCUT2D eigenvalue weighted by Crippen LogP contribution is -2.37. The van der Waals surface area contributed by atoms with Crippen LogP contribution in [0, 0.1) is 5.82 Å². The number of imidazole rings is 1. The number of halogens is 1. The second kappa shape index (κ2) is 6.12. The highest BCUT2D eigenvalue weighted by molar-refractivity contribution is 5.87. The zero-order valence-corrected chi connectivity index (χ0v) is 13.6. The molecule has 2 N–H and O–H groups in total. The number of hydrogen-bond acceptors (Lipinski definition) is 5. The largest absolute Gasteiger partial charge is 0.351 e. The van der Waals surface area contributed by atoms with Crippen molar-refractivity contribution in [2.24, 2.45) is 0 Å². The van der Waals surface area contributed by atoms with Gasteiger partial charge in [0.15, 0.2) is 11.5 Å². The van der Waals surface area contributed by atoms with Gasteiger partial charge in [-0.3, -0.25) is 4.79 Å². The van der Waals surface area contributed by atoms with Gasteiger partial charge in [-0.1, -0.05) is 12.1 Å². The zero-order valence-electron chi connectivity index (χ0n) is 13.6. The van der Waals surface area contributed by atoms with E-state index in [9.17, 15) is 9.18 Å². The number of carbonyl (C=O) groups is 1. The molecule has 0 spiro atoms. The van der Waals surface area contributed by atoms with Crippen molar-refractivity contribution in [1.29, 1.82) is 0 Å². The van der Waals surface area contributed by atoms with Crippen LogP contribution in [0.25, 0.3) is 11.2 Å². The topological polar surface area (TPSA) is 86.8 Å². The summed E-state index contributed by atoms with van der Waals surface area (Å²) >= 11 is 0. The van der Waals surface area contributed by atoms with Crippen LogP contribution in [0.5, 0.6) is 0 Å². The Kier molecular flexibility index (Phi) is 3.79. The van der Waals surface area contributed by atoms with E-state index in [4.69, 9.17) is 0 Å². The van der Waals surface area contributed by atoms with Crippen molar-refractivity contribution in [2.45, 2.75) is 18.4 Å². The first-order valence-corrected chi connectivity index (χ1v) is 8.02. The Hall–Kier alpha value is -3.03. The molecule has 2 aromatic heterocycles. The Labute approximate surface area is 143 Å². The fraction of sp³-hybridized carbons (Fsp3) is 0.294. The number of aromatic nitrogens is 4. The highest BCUT2D eigenvalue weighted by atomic mass is 19.1. The van der Waals surface area contributed by atoms with E-state index in [0.717, 1.165) is 12.0 Å². The summed E-state index contributed by atoms with van der Waals surface area (Å²) in [6.07, 6.45) is 3.85. The van der Waals surface area contributed by atoms with Gasteiger partial charge in [-0.25, -0.2) is 19.3 Å². The molecule has 25 heavy (non-hydrogen) atoms. The minimum absolute atomic E-state index is 0.0802. The van der Waals surface area contributed by atoms with E-state index in [-0.39, 0.29) is 30.2 Å². The van der Waals surface area contributed by atoms with Crippen LogP contribution in [0.2, 0.25) is 0 Å². The molecule has 0 radical (unpaired) electrons. The molecule has 0 saturated heterocycles. The number of anilines is 1. The number of fused-ring (bicyclic) bond motifs is 1. The Bertz CT molecular complexity index is 909. The minimum Gasteiger partial charge on any atom is -0.351 e. The number of aromatic amines is 1. The molecule has 2 atom stereocenters. The molecule has 8 heteroatoms. The fourth-order valence-electron chi connectivity index (χ4n) is 3.02. The van der Waals surface area contributed by atoms with Gasteiger partial charge in [0, 0.05) is 19.0 Å². The highest BCUT2D eigenvalue weighted by Crippen LogP contribution is 2.40. The number of rotatable bonds is 5. The van der Waals surface area contributed by atoms with Gasteiger partial charge in [0.1, 0.15) is 17.7 Å². The number of nitrogens with zero attached hydrogens (tertiary/aromatic N) is 4. The van der Waals surface area contributed by atoms with Gasteiger partial charge >= 0.3 is 0 Å². The van der Waals surface area contributed by atoms with Crippen LogP contribution < -0.4 is 10.2 Å². The lowest BCUT2D eigenvalue weighted by molar-refractivity contribution is -0.119. The Morgan fingerprint density at radius 1 is 1.32 bits per heavy atom. The minimum atomic E-state index is -0.249. The van der Waals surface area contributed by atoms with Crippen molar-refractivity contribution in [3.8, 4) is 0 Å². The first-order chi connectivity index (χ1) is 12.1. The van der Waals surface area contributed by atoms with Gasteiger partial charge in [0.2, 0.25) is 5.91 Å². The van der Waals surface area contributed by atoms with Crippen LogP contribution in [0.4, 0.5) is 10.2 Å². The van der Waals surface area contributed by atoms with Crippen LogP contribution >= 0.6 is 0 Å². The maximum atomic E-state index is 13.0. The van der Waals surface area contributed by atoms with Crippen LogP contribution in [0.3, 0.4) is 0 Å². The van der Waals surface area contributed by atoms with E-state index in [0.29, 0.717) is 17.0 Å². The van der Waals surface area contributed by atoms with Gasteiger partial charge in [0.25, 0.3) is 0 Å². The van der Waals surface area contributed by atoms with E-state index in [1.807, 2.05) is 0 Å². The number of nitrogens with one attached hydrogen (secondary N) is 2. The van der Waals surface area contributed by atoms with E-state index in [1.54, 1.807) is 30.4 Å². The number of H-pyrrole nitrogens is 1. The molecule has 1 saturated carbocycles. The summed E-state index contributed by atoms with van der Waals surface area (Å²) in [5, 5.41) is 3.02. The lowest BCUT2D eigenvalue weighted by atomic mass is 10.1. The first kappa shape index (κ1) is 15.5. The van der Waals surface area contributed by atoms with E-state index in [2.05, 4.69) is 25.3 Å². The first-order valence-electron chi connectivity index (χ1n) is 8.02. The average Bonchev–Trinajstić information content (AvgIpc) is 3.18. The maximum Gasteiger partial charge on any atom is 0.239 e. The quantitative estimate of drug-likeness (QED) is 0.737. The number of amides is 1. The second-order valence-corrected chi connectivity index (χ2v) is 6.22. The molecule has 4 rings (SSSR count). The number of benzene rings is 1. The molecule has 2 heterocycles. The molecule has 1 fully saturated rings. The summed E-state index contributed by atoms with van der Waals surface area (Å²) in [4.78, 5) is 29.4. The molecule has 3 aromatic rings. The number of carbonyl (C=O) groups excluding carboxylic acids is 1. The fourth-order valence-corrected chi connectivity index (χ4v) is 3.02. The van der Waals surface area contributed by atoms with Crippen molar-refractivity contribution >= 4 is 22.9 Å². The van der Waals surface area contributed by atoms with Gasteiger partial charge in [0.05, 0.1) is 12.9 Å². The maximum absolute atomic E-state index is 13.0. The molecule has 7 nitrogen and oxygen atoms in total. The third-order valence-electron chi connectivity index (χ3n) is 4.38. The molecule has 0 aliphatic heterocycles. The Balaban J connectivity index is 1.36. The van der Waals surface area contributed by atoms with Crippen molar-refractivity contribution < 1.29 is 9.18 Å². The monoisotopic (exact) mass is 340 g/mol. The summed E-state index contributed by atoms with van der Waals surface area (Å²) in [7, 11) is 1.80. The highest BCUT2D eigenvalue weighted by Gasteiger charge is 2.39. The molecule has 1 aromatic carbocycles. The molecular formula is C17H17FN6O. The summed E-state index contributed by atoms with van der Waals surface area (Å²) < 4.78 is 13.0. The third-order valence-corrected chi connectivity index (χ3v) is 4.38. The molecule has 1 aliphatic carbocycles. The van der Waals surface area contributed by atoms with Gasteiger partial charge < -0.3 is 15.2 Å². The van der Waals surface area contributed by atoms with Crippen molar-refractivity contribution in [1.82, 2.24) is 25.3 Å². The van der Waals surface area contributed by atoms with Crippen molar-refractivity contribution in [3.05, 3.63) is 48.3 Å². The number of likely N-dealkylation sites (N-methyl/N-ethyl adjacent to an activating group) is 1. The molecule has 1 aliphatic rings. The average molecular weight is 340 g/mol. The second-order valence-electron chi connectivity index (χ2n) is 6.22. The van der Waals surface area contributed by atoms with E-state index in [1.165, 1.54) is 18.5 Å². The van der Waals surface area contributed by atoms with Gasteiger partial charge in [-0.2, -0.15) is 0 Å².